The van der Waals surface area contributed by atoms with Gasteiger partial charge in [0.2, 0.25) is 17.7 Å². The fraction of sp³-hybridized carbons (Fsp3) is 0.737. The number of hydrogen-bond acceptors (Lipinski definition) is 7. The van der Waals surface area contributed by atoms with Crippen molar-refractivity contribution in [3.05, 3.63) is 0 Å². The Bertz CT molecular complexity index is 681. The Kier molecular flexibility index (Phi) is 12.9. The topological polar surface area (TPSA) is 235 Å². The molecule has 0 aliphatic rings. The van der Waals surface area contributed by atoms with Crippen LogP contribution in [0, 0.1) is 5.92 Å². The van der Waals surface area contributed by atoms with E-state index in [9.17, 15) is 24.3 Å². The molecule has 0 spiro atoms. The molecular weight excluding hydrogens is 422 g/mol. The largest absolute Gasteiger partial charge is 0.480 e. The van der Waals surface area contributed by atoms with Gasteiger partial charge in [0.05, 0.1) is 12.1 Å². The zero-order chi connectivity index (χ0) is 25.0. The molecule has 0 heterocycles. The Balaban J connectivity index is 5.25. The first-order chi connectivity index (χ1) is 14.8. The van der Waals surface area contributed by atoms with E-state index in [4.69, 9.17) is 22.3 Å². The van der Waals surface area contributed by atoms with Gasteiger partial charge in [0.1, 0.15) is 12.1 Å². The molecule has 0 aromatic heterocycles. The molecular formula is C19H37N7O6. The summed E-state index contributed by atoms with van der Waals surface area (Å²) in [6.07, 6.45) is -0.313. The molecule has 0 aromatic carbocycles. The van der Waals surface area contributed by atoms with Gasteiger partial charge < -0.3 is 43.4 Å². The lowest BCUT2D eigenvalue weighted by molar-refractivity contribution is -0.145. The minimum Gasteiger partial charge on any atom is -0.480 e. The van der Waals surface area contributed by atoms with E-state index >= 15 is 0 Å². The maximum Gasteiger partial charge on any atom is 0.328 e. The molecule has 0 rings (SSSR count). The lowest BCUT2D eigenvalue weighted by Crippen LogP contribution is -2.58. The maximum absolute atomic E-state index is 12.6. The fourth-order valence-corrected chi connectivity index (χ4v) is 2.60. The average molecular weight is 460 g/mol. The van der Waals surface area contributed by atoms with Gasteiger partial charge in [0, 0.05) is 6.54 Å². The Hall–Kier alpha value is -2.93. The summed E-state index contributed by atoms with van der Waals surface area (Å²) in [4.78, 5) is 52.5. The third-order valence-corrected chi connectivity index (χ3v) is 4.94. The monoisotopic (exact) mass is 459 g/mol. The van der Waals surface area contributed by atoms with Gasteiger partial charge in [-0.25, -0.2) is 4.79 Å². The third-order valence-electron chi connectivity index (χ3n) is 4.94. The van der Waals surface area contributed by atoms with E-state index in [1.165, 1.54) is 13.8 Å². The number of nitrogens with one attached hydrogen (secondary N) is 3. The van der Waals surface area contributed by atoms with Crippen LogP contribution in [0.4, 0.5) is 0 Å². The standard InChI is InChI=1S/C19H37N7O6/c1-5-9(2)13(20)17(30)24-10(3)15(28)25-12(7-6-8-23-19(21)22)16(29)26-14(11(4)27)18(31)32/h9-14,27H,5-8,20H2,1-4H3,(H,24,30)(H,25,28)(H,26,29)(H,31,32)(H4,21,22,23). The van der Waals surface area contributed by atoms with E-state index in [-0.39, 0.29) is 24.8 Å². The van der Waals surface area contributed by atoms with Gasteiger partial charge in [-0.05, 0) is 32.6 Å². The number of aliphatic hydroxyl groups is 1. The molecule has 0 bridgehead atoms. The van der Waals surface area contributed by atoms with Crippen molar-refractivity contribution in [3.8, 4) is 0 Å². The molecule has 0 radical (unpaired) electrons. The van der Waals surface area contributed by atoms with Gasteiger partial charge in [-0.1, -0.05) is 20.3 Å². The quantitative estimate of drug-likeness (QED) is 0.0768. The van der Waals surface area contributed by atoms with Gasteiger partial charge in [0.15, 0.2) is 12.0 Å². The summed E-state index contributed by atoms with van der Waals surface area (Å²) in [6.45, 7) is 6.52. The molecule has 11 N–H and O–H groups in total. The van der Waals surface area contributed by atoms with Crippen LogP contribution in [-0.4, -0.2) is 76.7 Å². The molecule has 0 aliphatic carbocycles. The molecule has 6 atom stereocenters. The van der Waals surface area contributed by atoms with Crippen LogP contribution < -0.4 is 33.2 Å². The molecule has 184 valence electrons. The Morgan fingerprint density at radius 2 is 1.56 bits per heavy atom. The van der Waals surface area contributed by atoms with Crippen LogP contribution in [0.25, 0.3) is 0 Å². The first-order valence-electron chi connectivity index (χ1n) is 10.4. The number of aliphatic carboxylic acids is 1. The highest BCUT2D eigenvalue weighted by Crippen LogP contribution is 2.06. The van der Waals surface area contributed by atoms with Crippen molar-refractivity contribution < 1.29 is 29.4 Å². The SMILES string of the molecule is CCC(C)C(N)C(=O)NC(C)C(=O)NC(CCCN=C(N)N)C(=O)NC(C(=O)O)C(C)O. The second kappa shape index (κ2) is 14.2. The predicted molar refractivity (Wildman–Crippen MR) is 118 cm³/mol. The van der Waals surface area contributed by atoms with Crippen molar-refractivity contribution in [1.29, 1.82) is 0 Å². The predicted octanol–water partition coefficient (Wildman–Crippen LogP) is -2.65. The summed E-state index contributed by atoms with van der Waals surface area (Å²) < 4.78 is 0. The summed E-state index contributed by atoms with van der Waals surface area (Å²) in [6, 6.07) is -4.51. The second-order valence-corrected chi connectivity index (χ2v) is 7.72. The molecule has 6 unspecified atom stereocenters. The summed E-state index contributed by atoms with van der Waals surface area (Å²) >= 11 is 0. The number of rotatable bonds is 14. The first kappa shape index (κ1) is 29.1. The number of aliphatic imine (C=N–C) groups is 1. The highest BCUT2D eigenvalue weighted by atomic mass is 16.4. The minimum absolute atomic E-state index is 0.0769. The molecule has 13 heteroatoms. The molecule has 0 saturated carbocycles. The van der Waals surface area contributed by atoms with Crippen molar-refractivity contribution in [1.82, 2.24) is 16.0 Å². The zero-order valence-electron chi connectivity index (χ0n) is 19.0. The summed E-state index contributed by atoms with van der Waals surface area (Å²) in [5.41, 5.74) is 16.4. The fourth-order valence-electron chi connectivity index (χ4n) is 2.60. The second-order valence-electron chi connectivity index (χ2n) is 7.72. The van der Waals surface area contributed by atoms with Crippen molar-refractivity contribution in [2.24, 2.45) is 28.1 Å². The number of amides is 3. The Morgan fingerprint density at radius 3 is 2.03 bits per heavy atom. The van der Waals surface area contributed by atoms with Crippen LogP contribution in [0.2, 0.25) is 0 Å². The van der Waals surface area contributed by atoms with E-state index in [0.717, 1.165) is 0 Å². The maximum atomic E-state index is 12.6. The van der Waals surface area contributed by atoms with Gasteiger partial charge in [-0.2, -0.15) is 0 Å². The number of carbonyl (C=O) groups is 4. The highest BCUT2D eigenvalue weighted by Gasteiger charge is 2.31. The van der Waals surface area contributed by atoms with Gasteiger partial charge in [-0.3, -0.25) is 19.4 Å². The van der Waals surface area contributed by atoms with Crippen LogP contribution in [-0.2, 0) is 19.2 Å². The van der Waals surface area contributed by atoms with E-state index in [2.05, 4.69) is 20.9 Å². The molecule has 0 fully saturated rings. The third kappa shape index (κ3) is 10.4. The van der Waals surface area contributed by atoms with Gasteiger partial charge in [-0.15, -0.1) is 0 Å². The molecule has 32 heavy (non-hydrogen) atoms. The summed E-state index contributed by atoms with van der Waals surface area (Å²) in [5, 5.41) is 25.9. The molecule has 0 aromatic rings. The number of guanidine groups is 1. The number of hydrogen-bond donors (Lipinski definition) is 8. The zero-order valence-corrected chi connectivity index (χ0v) is 19.0. The van der Waals surface area contributed by atoms with Crippen molar-refractivity contribution in [3.63, 3.8) is 0 Å². The van der Waals surface area contributed by atoms with Crippen LogP contribution in [0.3, 0.4) is 0 Å². The molecule has 13 nitrogen and oxygen atoms in total. The number of aliphatic hydroxyl groups excluding tert-OH is 1. The van der Waals surface area contributed by atoms with Gasteiger partial charge in [0.25, 0.3) is 0 Å². The Morgan fingerprint density at radius 1 is 0.969 bits per heavy atom. The molecule has 3 amide bonds. The lowest BCUT2D eigenvalue weighted by Gasteiger charge is -2.25. The van der Waals surface area contributed by atoms with Crippen molar-refractivity contribution >= 4 is 29.7 Å². The molecule has 0 aliphatic heterocycles. The smallest absolute Gasteiger partial charge is 0.328 e. The summed E-state index contributed by atoms with van der Waals surface area (Å²) in [7, 11) is 0. The number of carboxylic acid groups (broad SMARTS) is 1. The minimum atomic E-state index is -1.56. The number of nitrogens with zero attached hydrogens (tertiary/aromatic N) is 1. The highest BCUT2D eigenvalue weighted by molar-refractivity contribution is 5.94. The average Bonchev–Trinajstić information content (AvgIpc) is 2.71. The van der Waals surface area contributed by atoms with E-state index in [1.807, 2.05) is 13.8 Å². The number of nitrogens with two attached hydrogens (primary N) is 3. The van der Waals surface area contributed by atoms with Crippen LogP contribution in [0.1, 0.15) is 47.0 Å². The van der Waals surface area contributed by atoms with E-state index in [0.29, 0.717) is 12.8 Å². The number of carbonyl (C=O) groups excluding carboxylic acids is 3. The van der Waals surface area contributed by atoms with Gasteiger partial charge >= 0.3 is 5.97 Å². The van der Waals surface area contributed by atoms with E-state index < -0.39 is 54.0 Å². The van der Waals surface area contributed by atoms with Crippen molar-refractivity contribution in [2.75, 3.05) is 6.54 Å². The Labute approximate surface area is 187 Å². The van der Waals surface area contributed by atoms with Crippen LogP contribution in [0.5, 0.6) is 0 Å². The summed E-state index contributed by atoms with van der Waals surface area (Å²) in [5.74, 6) is -3.64. The lowest BCUT2D eigenvalue weighted by atomic mass is 9.99. The van der Waals surface area contributed by atoms with E-state index in [1.54, 1.807) is 0 Å². The van der Waals surface area contributed by atoms with Crippen LogP contribution in [0.15, 0.2) is 4.99 Å². The normalized spacial score (nSPS) is 16.4. The number of carboxylic acids is 1. The first-order valence-corrected chi connectivity index (χ1v) is 10.4. The molecule has 0 saturated heterocycles. The van der Waals surface area contributed by atoms with Crippen molar-refractivity contribution in [2.45, 2.75) is 77.2 Å². The van der Waals surface area contributed by atoms with Crippen LogP contribution >= 0.6 is 0 Å².